The number of hydrogen-bond donors (Lipinski definition) is 2. The fourth-order valence-electron chi connectivity index (χ4n) is 3.03. The molecule has 0 aromatic heterocycles. The molecule has 0 spiro atoms. The summed E-state index contributed by atoms with van der Waals surface area (Å²) in [6, 6.07) is 16.2. The molecule has 1 fully saturated rings. The van der Waals surface area contributed by atoms with Gasteiger partial charge < -0.3 is 0 Å². The molecule has 3 amide bonds. The summed E-state index contributed by atoms with van der Waals surface area (Å²) in [5.74, 6) is -0.840. The number of hydrogen-bond acceptors (Lipinski definition) is 5. The van der Waals surface area contributed by atoms with Crippen LogP contribution < -0.4 is 10.9 Å². The van der Waals surface area contributed by atoms with Crippen molar-refractivity contribution in [3.8, 4) is 0 Å². The van der Waals surface area contributed by atoms with Crippen molar-refractivity contribution >= 4 is 63.7 Å². The lowest BCUT2D eigenvalue weighted by Gasteiger charge is -2.14. The molecule has 9 heteroatoms. The van der Waals surface area contributed by atoms with E-state index in [0.29, 0.717) is 32.8 Å². The summed E-state index contributed by atoms with van der Waals surface area (Å²) >= 11 is 12.6. The van der Waals surface area contributed by atoms with Gasteiger partial charge in [-0.25, -0.2) is 0 Å². The first-order valence-electron chi connectivity index (χ1n) is 10.1. The highest BCUT2D eigenvalue weighted by Gasteiger charge is 2.31. The number of benzene rings is 2. The molecule has 0 bridgehead atoms. The van der Waals surface area contributed by atoms with E-state index >= 15 is 0 Å². The van der Waals surface area contributed by atoms with Crippen LogP contribution in [-0.2, 0) is 9.59 Å². The predicted octanol–water partition coefficient (Wildman–Crippen LogP) is 4.56. The van der Waals surface area contributed by atoms with E-state index in [9.17, 15) is 14.4 Å². The first kappa shape index (κ1) is 24.0. The zero-order valence-electron chi connectivity index (χ0n) is 17.2. The van der Waals surface area contributed by atoms with Crippen LogP contribution in [0, 0.1) is 0 Å². The van der Waals surface area contributed by atoms with Crippen LogP contribution in [0.15, 0.2) is 59.5 Å². The number of amides is 3. The van der Waals surface area contributed by atoms with Gasteiger partial charge in [0.05, 0.1) is 15.5 Å². The first-order chi connectivity index (χ1) is 15.5. The number of carbonyl (C=O) groups excluding carboxylic acids is 3. The van der Waals surface area contributed by atoms with Gasteiger partial charge in [-0.1, -0.05) is 84.5 Å². The summed E-state index contributed by atoms with van der Waals surface area (Å²) in [6.07, 6.45) is 4.21. The van der Waals surface area contributed by atoms with Crippen LogP contribution in [0.5, 0.6) is 0 Å². The van der Waals surface area contributed by atoms with Crippen molar-refractivity contribution in [2.45, 2.75) is 25.7 Å². The Morgan fingerprint density at radius 1 is 1.00 bits per heavy atom. The molecule has 2 N–H and O–H groups in total. The van der Waals surface area contributed by atoms with Crippen LogP contribution in [-0.4, -0.2) is 33.5 Å². The molecule has 0 radical (unpaired) electrons. The Morgan fingerprint density at radius 2 is 1.72 bits per heavy atom. The quantitative estimate of drug-likeness (QED) is 0.247. The largest absolute Gasteiger partial charge is 0.293 e. The smallest absolute Gasteiger partial charge is 0.271 e. The van der Waals surface area contributed by atoms with Crippen LogP contribution in [0.4, 0.5) is 0 Å². The SMILES string of the molecule is O=C(CCCCCN1C(=O)/C(=C/c2ccccc2)SC1=S)NNC(=O)c1ccccc1Cl. The van der Waals surface area contributed by atoms with Crippen molar-refractivity contribution < 1.29 is 14.4 Å². The molecular weight excluding hydrogens is 466 g/mol. The maximum absolute atomic E-state index is 12.6. The highest BCUT2D eigenvalue weighted by Crippen LogP contribution is 2.32. The fraction of sp³-hybridized carbons (Fsp3) is 0.217. The highest BCUT2D eigenvalue weighted by molar-refractivity contribution is 8.26. The Labute approximate surface area is 201 Å². The molecular formula is C23H22ClN3O3S2. The van der Waals surface area contributed by atoms with Crippen molar-refractivity contribution in [3.63, 3.8) is 0 Å². The Hall–Kier alpha value is -2.68. The molecule has 1 saturated heterocycles. The van der Waals surface area contributed by atoms with Gasteiger partial charge in [0.25, 0.3) is 11.8 Å². The first-order valence-corrected chi connectivity index (χ1v) is 11.7. The predicted molar refractivity (Wildman–Crippen MR) is 132 cm³/mol. The molecule has 32 heavy (non-hydrogen) atoms. The van der Waals surface area contributed by atoms with Crippen LogP contribution in [0.3, 0.4) is 0 Å². The zero-order valence-corrected chi connectivity index (χ0v) is 19.6. The van der Waals surface area contributed by atoms with Crippen molar-refractivity contribution in [3.05, 3.63) is 75.7 Å². The van der Waals surface area contributed by atoms with E-state index in [2.05, 4.69) is 10.9 Å². The maximum atomic E-state index is 12.6. The molecule has 3 rings (SSSR count). The number of thiocarbonyl (C=S) groups is 1. The van der Waals surface area contributed by atoms with E-state index in [1.807, 2.05) is 36.4 Å². The third-order valence-corrected chi connectivity index (χ3v) is 6.40. The molecule has 0 atom stereocenters. The molecule has 1 aliphatic rings. The van der Waals surface area contributed by atoms with Gasteiger partial charge in [-0.3, -0.25) is 30.1 Å². The number of hydrazine groups is 1. The van der Waals surface area contributed by atoms with E-state index in [1.54, 1.807) is 29.2 Å². The summed E-state index contributed by atoms with van der Waals surface area (Å²) in [5, 5.41) is 0.313. The molecule has 6 nitrogen and oxygen atoms in total. The lowest BCUT2D eigenvalue weighted by atomic mass is 10.2. The summed E-state index contributed by atoms with van der Waals surface area (Å²) in [6.45, 7) is 0.516. The number of rotatable bonds is 8. The summed E-state index contributed by atoms with van der Waals surface area (Å²) in [4.78, 5) is 38.8. The number of nitrogens with zero attached hydrogens (tertiary/aromatic N) is 1. The van der Waals surface area contributed by atoms with Gasteiger partial charge in [0.2, 0.25) is 5.91 Å². The molecule has 2 aromatic carbocycles. The fourth-order valence-corrected chi connectivity index (χ4v) is 4.56. The Morgan fingerprint density at radius 3 is 2.47 bits per heavy atom. The summed E-state index contributed by atoms with van der Waals surface area (Å²) < 4.78 is 0.553. The van der Waals surface area contributed by atoms with Gasteiger partial charge in [-0.05, 0) is 36.6 Å². The van der Waals surface area contributed by atoms with Gasteiger partial charge >= 0.3 is 0 Å². The Kier molecular flexibility index (Phi) is 8.84. The van der Waals surface area contributed by atoms with Gasteiger partial charge in [0.1, 0.15) is 4.32 Å². The molecule has 0 unspecified atom stereocenters. The average molecular weight is 488 g/mol. The van der Waals surface area contributed by atoms with E-state index in [-0.39, 0.29) is 18.2 Å². The van der Waals surface area contributed by atoms with Crippen LogP contribution >= 0.6 is 35.6 Å². The van der Waals surface area contributed by atoms with E-state index in [0.717, 1.165) is 18.4 Å². The van der Waals surface area contributed by atoms with Crippen LogP contribution in [0.25, 0.3) is 6.08 Å². The van der Waals surface area contributed by atoms with Crippen molar-refractivity contribution in [2.24, 2.45) is 0 Å². The number of nitrogens with one attached hydrogen (secondary N) is 2. The minimum atomic E-state index is -0.470. The monoisotopic (exact) mass is 487 g/mol. The Balaban J connectivity index is 1.35. The summed E-state index contributed by atoms with van der Waals surface area (Å²) in [7, 11) is 0. The molecule has 1 aliphatic heterocycles. The third kappa shape index (κ3) is 6.66. The van der Waals surface area contributed by atoms with Crippen molar-refractivity contribution in [1.82, 2.24) is 15.8 Å². The minimum Gasteiger partial charge on any atom is -0.293 e. The molecule has 0 aliphatic carbocycles. The van der Waals surface area contributed by atoms with E-state index < -0.39 is 5.91 Å². The van der Waals surface area contributed by atoms with Crippen molar-refractivity contribution in [2.75, 3.05) is 6.54 Å². The lowest BCUT2D eigenvalue weighted by Crippen LogP contribution is -2.41. The molecule has 166 valence electrons. The van der Waals surface area contributed by atoms with Crippen LogP contribution in [0.1, 0.15) is 41.6 Å². The highest BCUT2D eigenvalue weighted by atomic mass is 35.5. The number of carbonyl (C=O) groups is 3. The third-order valence-electron chi connectivity index (χ3n) is 4.69. The Bertz CT molecular complexity index is 1040. The standard InChI is InChI=1S/C23H22ClN3O3S2/c24-18-12-7-6-11-17(18)21(29)26-25-20(28)13-5-2-8-14-27-22(30)19(32-23(27)31)15-16-9-3-1-4-10-16/h1,3-4,6-7,9-12,15H,2,5,8,13-14H2,(H,25,28)(H,26,29)/b19-15-. The van der Waals surface area contributed by atoms with E-state index in [4.69, 9.17) is 23.8 Å². The zero-order chi connectivity index (χ0) is 22.9. The van der Waals surface area contributed by atoms with Crippen molar-refractivity contribution in [1.29, 1.82) is 0 Å². The van der Waals surface area contributed by atoms with Gasteiger partial charge in [-0.2, -0.15) is 0 Å². The second kappa shape index (κ2) is 11.8. The van der Waals surface area contributed by atoms with Crippen LogP contribution in [0.2, 0.25) is 5.02 Å². The number of halogens is 1. The molecule has 1 heterocycles. The van der Waals surface area contributed by atoms with E-state index in [1.165, 1.54) is 11.8 Å². The summed E-state index contributed by atoms with van der Waals surface area (Å²) in [5.41, 5.74) is 6.00. The average Bonchev–Trinajstić information content (AvgIpc) is 3.05. The second-order valence-electron chi connectivity index (χ2n) is 7.04. The number of thioether (sulfide) groups is 1. The maximum Gasteiger partial charge on any atom is 0.271 e. The molecule has 2 aromatic rings. The second-order valence-corrected chi connectivity index (χ2v) is 9.12. The van der Waals surface area contributed by atoms with Gasteiger partial charge in [0, 0.05) is 13.0 Å². The normalized spacial score (nSPS) is 14.7. The number of unbranched alkanes of at least 4 members (excludes halogenated alkanes) is 2. The van der Waals surface area contributed by atoms with Gasteiger partial charge in [0.15, 0.2) is 0 Å². The molecule has 0 saturated carbocycles. The lowest BCUT2D eigenvalue weighted by molar-refractivity contribution is -0.123. The topological polar surface area (TPSA) is 78.5 Å². The minimum absolute atomic E-state index is 0.0797. The van der Waals surface area contributed by atoms with Gasteiger partial charge in [-0.15, -0.1) is 0 Å².